The Hall–Kier alpha value is -2.31. The van der Waals surface area contributed by atoms with E-state index in [-0.39, 0.29) is 12.0 Å². The summed E-state index contributed by atoms with van der Waals surface area (Å²) in [7, 11) is 0. The summed E-state index contributed by atoms with van der Waals surface area (Å²) in [5, 5.41) is 4.37. The Kier molecular flexibility index (Phi) is 4.70. The Morgan fingerprint density at radius 2 is 1.88 bits per heavy atom. The number of nitrogens with zero attached hydrogens (tertiary/aromatic N) is 3. The number of hydrogen-bond acceptors (Lipinski definition) is 5. The summed E-state index contributed by atoms with van der Waals surface area (Å²) < 4.78 is 12.0. The van der Waals surface area contributed by atoms with Gasteiger partial charge < -0.3 is 13.7 Å². The number of hydrogen-bond donors (Lipinski definition) is 0. The zero-order chi connectivity index (χ0) is 18.1. The van der Waals surface area contributed by atoms with Crippen LogP contribution in [-0.2, 0) is 4.79 Å². The van der Waals surface area contributed by atoms with Crippen LogP contribution in [0.4, 0.5) is 0 Å². The van der Waals surface area contributed by atoms with Gasteiger partial charge in [0.2, 0.25) is 5.91 Å². The molecule has 2 aromatic rings. The maximum atomic E-state index is 12.7. The van der Waals surface area contributed by atoms with Gasteiger partial charge in [-0.15, -0.1) is 5.10 Å². The highest BCUT2D eigenvalue weighted by molar-refractivity contribution is 5.79. The molecule has 3 heterocycles. The summed E-state index contributed by atoms with van der Waals surface area (Å²) in [4.78, 5) is 26.9. The molecule has 0 spiro atoms. The second-order valence-electron chi connectivity index (χ2n) is 7.40. The summed E-state index contributed by atoms with van der Waals surface area (Å²) in [6.07, 6.45) is 8.64. The van der Waals surface area contributed by atoms with Gasteiger partial charge in [0.05, 0.1) is 17.9 Å². The van der Waals surface area contributed by atoms with Crippen LogP contribution in [0.1, 0.15) is 56.7 Å². The smallest absolute Gasteiger partial charge is 0.437 e. The third-order valence-corrected chi connectivity index (χ3v) is 5.74. The summed E-state index contributed by atoms with van der Waals surface area (Å²) in [5.41, 5.74) is 0.700. The lowest BCUT2D eigenvalue weighted by atomic mass is 9.87. The van der Waals surface area contributed by atoms with Crippen molar-refractivity contribution in [2.45, 2.75) is 57.9 Å². The van der Waals surface area contributed by atoms with Crippen LogP contribution in [0.3, 0.4) is 0 Å². The van der Waals surface area contributed by atoms with E-state index in [1.54, 1.807) is 12.3 Å². The minimum Gasteiger partial charge on any atom is -0.469 e. The zero-order valence-corrected chi connectivity index (χ0v) is 15.1. The Morgan fingerprint density at radius 3 is 2.54 bits per heavy atom. The molecular formula is C19H25N3O4. The van der Waals surface area contributed by atoms with E-state index in [1.807, 2.05) is 11.8 Å². The van der Waals surface area contributed by atoms with Crippen molar-refractivity contribution in [3.8, 4) is 11.5 Å². The monoisotopic (exact) mass is 359 g/mol. The molecule has 1 aliphatic heterocycles. The third kappa shape index (κ3) is 3.22. The van der Waals surface area contributed by atoms with Gasteiger partial charge in [0.15, 0.2) is 0 Å². The fourth-order valence-corrected chi connectivity index (χ4v) is 4.17. The molecule has 0 unspecified atom stereocenters. The highest BCUT2D eigenvalue weighted by Crippen LogP contribution is 2.29. The maximum Gasteiger partial charge on any atom is 0.437 e. The highest BCUT2D eigenvalue weighted by Gasteiger charge is 2.31. The number of carbonyl (C=O) groups excluding carboxylic acids is 1. The Bertz CT molecular complexity index is 820. The molecule has 7 heteroatoms. The SMILES string of the molecule is Cc1occc1-c1nn(C2CCN(C(=O)C3CCCCC3)CC2)c(=O)o1. The highest BCUT2D eigenvalue weighted by atomic mass is 16.4. The van der Waals surface area contributed by atoms with Crippen LogP contribution < -0.4 is 5.76 Å². The first-order valence-electron chi connectivity index (χ1n) is 9.56. The molecule has 1 saturated carbocycles. The molecular weight excluding hydrogens is 334 g/mol. The minimum absolute atomic E-state index is 0.0254. The molecule has 1 saturated heterocycles. The van der Waals surface area contributed by atoms with Crippen LogP contribution >= 0.6 is 0 Å². The molecule has 2 aliphatic rings. The van der Waals surface area contributed by atoms with Crippen LogP contribution in [0.25, 0.3) is 11.5 Å². The fourth-order valence-electron chi connectivity index (χ4n) is 4.17. The second-order valence-corrected chi connectivity index (χ2v) is 7.40. The first-order chi connectivity index (χ1) is 12.6. The Morgan fingerprint density at radius 1 is 1.15 bits per heavy atom. The predicted molar refractivity (Wildman–Crippen MR) is 94.6 cm³/mol. The van der Waals surface area contributed by atoms with E-state index in [1.165, 1.54) is 11.1 Å². The molecule has 2 aromatic heterocycles. The molecule has 2 fully saturated rings. The van der Waals surface area contributed by atoms with E-state index >= 15 is 0 Å². The average Bonchev–Trinajstić information content (AvgIpc) is 3.27. The summed E-state index contributed by atoms with van der Waals surface area (Å²) >= 11 is 0. The van der Waals surface area contributed by atoms with E-state index in [4.69, 9.17) is 8.83 Å². The van der Waals surface area contributed by atoms with Gasteiger partial charge in [0.25, 0.3) is 5.89 Å². The van der Waals surface area contributed by atoms with Crippen LogP contribution in [-0.4, -0.2) is 33.7 Å². The number of likely N-dealkylation sites (tertiary alicyclic amines) is 1. The summed E-state index contributed by atoms with van der Waals surface area (Å²) in [6.45, 7) is 3.17. The first-order valence-corrected chi connectivity index (χ1v) is 9.56. The van der Waals surface area contributed by atoms with Crippen LogP contribution in [0.5, 0.6) is 0 Å². The number of rotatable bonds is 3. The standard InChI is InChI=1S/C19H25N3O4/c1-13-16(9-12-25-13)17-20-22(19(24)26-17)15-7-10-21(11-8-15)18(23)14-5-3-2-4-6-14/h9,12,14-15H,2-8,10-11H2,1H3. The van der Waals surface area contributed by atoms with Gasteiger partial charge in [-0.2, -0.15) is 4.68 Å². The van der Waals surface area contributed by atoms with E-state index in [0.29, 0.717) is 36.2 Å². The molecule has 0 N–H and O–H groups in total. The van der Waals surface area contributed by atoms with Gasteiger partial charge in [-0.3, -0.25) is 4.79 Å². The lowest BCUT2D eigenvalue weighted by Gasteiger charge is -2.34. The second kappa shape index (κ2) is 7.13. The predicted octanol–water partition coefficient (Wildman–Crippen LogP) is 3.15. The van der Waals surface area contributed by atoms with Crippen molar-refractivity contribution >= 4 is 5.91 Å². The largest absolute Gasteiger partial charge is 0.469 e. The first kappa shape index (κ1) is 17.1. The maximum absolute atomic E-state index is 12.7. The molecule has 0 atom stereocenters. The average molecular weight is 359 g/mol. The summed E-state index contributed by atoms with van der Waals surface area (Å²) in [6, 6.07) is 1.72. The number of furan rings is 1. The molecule has 7 nitrogen and oxygen atoms in total. The molecule has 1 amide bonds. The number of aryl methyl sites for hydroxylation is 1. The van der Waals surface area contributed by atoms with Crippen LogP contribution in [0.15, 0.2) is 26.0 Å². The van der Waals surface area contributed by atoms with Crippen molar-refractivity contribution in [3.63, 3.8) is 0 Å². The van der Waals surface area contributed by atoms with Crippen LogP contribution in [0, 0.1) is 12.8 Å². The fraction of sp³-hybridized carbons (Fsp3) is 0.632. The molecule has 0 aromatic carbocycles. The number of aromatic nitrogens is 2. The molecule has 140 valence electrons. The number of carbonyl (C=O) groups is 1. The van der Waals surface area contributed by atoms with Gasteiger partial charge in [0, 0.05) is 19.0 Å². The van der Waals surface area contributed by atoms with Gasteiger partial charge in [-0.1, -0.05) is 19.3 Å². The van der Waals surface area contributed by atoms with Gasteiger partial charge >= 0.3 is 5.76 Å². The van der Waals surface area contributed by atoms with E-state index in [2.05, 4.69) is 5.10 Å². The van der Waals surface area contributed by atoms with Crippen molar-refractivity contribution in [2.75, 3.05) is 13.1 Å². The van der Waals surface area contributed by atoms with Crippen molar-refractivity contribution in [1.82, 2.24) is 14.7 Å². The number of amides is 1. The Balaban J connectivity index is 1.42. The van der Waals surface area contributed by atoms with E-state index in [0.717, 1.165) is 38.5 Å². The van der Waals surface area contributed by atoms with Crippen molar-refractivity contribution < 1.29 is 13.6 Å². The third-order valence-electron chi connectivity index (χ3n) is 5.74. The van der Waals surface area contributed by atoms with Gasteiger partial charge in [-0.25, -0.2) is 4.79 Å². The van der Waals surface area contributed by atoms with E-state index < -0.39 is 5.76 Å². The lowest BCUT2D eigenvalue weighted by Crippen LogP contribution is -2.43. The topological polar surface area (TPSA) is 81.5 Å². The minimum atomic E-state index is -0.447. The number of piperidine rings is 1. The zero-order valence-electron chi connectivity index (χ0n) is 15.1. The molecule has 0 bridgehead atoms. The van der Waals surface area contributed by atoms with Crippen molar-refractivity contribution in [2.24, 2.45) is 5.92 Å². The molecule has 1 aliphatic carbocycles. The van der Waals surface area contributed by atoms with E-state index in [9.17, 15) is 9.59 Å². The van der Waals surface area contributed by atoms with Gasteiger partial charge in [-0.05, 0) is 38.7 Å². The van der Waals surface area contributed by atoms with Gasteiger partial charge in [0.1, 0.15) is 5.76 Å². The van der Waals surface area contributed by atoms with Crippen molar-refractivity contribution in [3.05, 3.63) is 28.6 Å². The van der Waals surface area contributed by atoms with Crippen molar-refractivity contribution in [1.29, 1.82) is 0 Å². The lowest BCUT2D eigenvalue weighted by molar-refractivity contribution is -0.137. The molecule has 26 heavy (non-hydrogen) atoms. The summed E-state index contributed by atoms with van der Waals surface area (Å²) in [5.74, 6) is 1.02. The quantitative estimate of drug-likeness (QED) is 0.841. The van der Waals surface area contributed by atoms with Crippen LogP contribution in [0.2, 0.25) is 0 Å². The molecule has 0 radical (unpaired) electrons. The normalized spacial score (nSPS) is 19.8. The Labute approximate surface area is 152 Å². The molecule has 4 rings (SSSR count).